The molecule has 0 aliphatic heterocycles. The average Bonchev–Trinajstić information content (AvgIpc) is 2.43. The largest absolute Gasteiger partial charge is 0.479 e. The van der Waals surface area contributed by atoms with Gasteiger partial charge in [0.05, 0.1) is 0 Å². The Morgan fingerprint density at radius 2 is 1.33 bits per heavy atom. The third-order valence-corrected chi connectivity index (χ3v) is 3.43. The van der Waals surface area contributed by atoms with Crippen LogP contribution in [0.2, 0.25) is 5.02 Å². The highest BCUT2D eigenvalue weighted by Crippen LogP contribution is 2.27. The van der Waals surface area contributed by atoms with Crippen molar-refractivity contribution < 1.29 is 14.3 Å². The van der Waals surface area contributed by atoms with Crippen LogP contribution in [0.5, 0.6) is 17.2 Å². The van der Waals surface area contributed by atoms with E-state index in [1.165, 1.54) is 0 Å². The van der Waals surface area contributed by atoms with Crippen LogP contribution in [-0.4, -0.2) is 10.8 Å². The van der Waals surface area contributed by atoms with Gasteiger partial charge in [-0.05, 0) is 74.0 Å². The van der Waals surface area contributed by atoms with Crippen LogP contribution >= 0.6 is 23.2 Å². The first-order valence-electron chi connectivity index (χ1n) is 6.29. The molecule has 2 rings (SSSR count). The Morgan fingerprint density at radius 1 is 0.905 bits per heavy atom. The molecule has 0 aliphatic carbocycles. The monoisotopic (exact) mass is 324 g/mol. The van der Waals surface area contributed by atoms with Gasteiger partial charge in [0.1, 0.15) is 17.2 Å². The van der Waals surface area contributed by atoms with E-state index < -0.39 is 10.8 Å². The van der Waals surface area contributed by atoms with Gasteiger partial charge in [0.15, 0.2) is 5.60 Å². The molecule has 0 saturated carbocycles. The molecule has 0 N–H and O–H groups in total. The number of carbonyl (C=O) groups is 1. The molecule has 0 amide bonds. The lowest BCUT2D eigenvalue weighted by Crippen LogP contribution is -2.34. The Morgan fingerprint density at radius 3 is 1.81 bits per heavy atom. The SMILES string of the molecule is CC(C)(Oc1ccc(Oc2ccc(Cl)cc2)cc1)C(=O)Cl. The maximum absolute atomic E-state index is 11.2. The Kier molecular flexibility index (Phi) is 4.76. The zero-order valence-electron chi connectivity index (χ0n) is 11.6. The molecule has 0 atom stereocenters. The van der Waals surface area contributed by atoms with Crippen LogP contribution < -0.4 is 9.47 Å². The van der Waals surface area contributed by atoms with Gasteiger partial charge in [0, 0.05) is 5.02 Å². The summed E-state index contributed by atoms with van der Waals surface area (Å²) in [5.41, 5.74) is -1.07. The molecule has 110 valence electrons. The molecule has 2 aromatic rings. The minimum Gasteiger partial charge on any atom is -0.479 e. The fraction of sp³-hybridized carbons (Fsp3) is 0.188. The lowest BCUT2D eigenvalue weighted by molar-refractivity contribution is -0.123. The summed E-state index contributed by atoms with van der Waals surface area (Å²) in [5.74, 6) is 1.88. The van der Waals surface area contributed by atoms with Crippen molar-refractivity contribution in [3.8, 4) is 17.2 Å². The van der Waals surface area contributed by atoms with Gasteiger partial charge in [-0.15, -0.1) is 0 Å². The van der Waals surface area contributed by atoms with Gasteiger partial charge in [-0.3, -0.25) is 4.79 Å². The first kappa shape index (κ1) is 15.7. The Bertz CT molecular complexity index is 619. The average molecular weight is 325 g/mol. The number of hydrogen-bond acceptors (Lipinski definition) is 3. The van der Waals surface area contributed by atoms with Crippen LogP contribution in [0.3, 0.4) is 0 Å². The van der Waals surface area contributed by atoms with E-state index in [2.05, 4.69) is 0 Å². The second kappa shape index (κ2) is 6.37. The molecule has 0 heterocycles. The second-order valence-corrected chi connectivity index (χ2v) is 5.69. The third kappa shape index (κ3) is 4.38. The normalized spacial score (nSPS) is 11.0. The number of carbonyl (C=O) groups excluding carboxylic acids is 1. The zero-order valence-corrected chi connectivity index (χ0v) is 13.1. The van der Waals surface area contributed by atoms with Crippen molar-refractivity contribution in [2.24, 2.45) is 0 Å². The molecule has 0 bridgehead atoms. The summed E-state index contributed by atoms with van der Waals surface area (Å²) in [5, 5.41) is 0.100. The van der Waals surface area contributed by atoms with Crippen LogP contribution in [0, 0.1) is 0 Å². The molecule has 2 aromatic carbocycles. The minimum absolute atomic E-state index is 0.539. The molecule has 0 radical (unpaired) electrons. The predicted octanol–water partition coefficient (Wildman–Crippen LogP) is 5.06. The highest BCUT2D eigenvalue weighted by molar-refractivity contribution is 6.65. The number of benzene rings is 2. The van der Waals surface area contributed by atoms with Gasteiger partial charge in [0.2, 0.25) is 0 Å². The van der Waals surface area contributed by atoms with Crippen molar-refractivity contribution in [3.05, 3.63) is 53.6 Å². The minimum atomic E-state index is -1.07. The Hall–Kier alpha value is -1.71. The molecule has 0 aliphatic rings. The number of halogens is 2. The second-order valence-electron chi connectivity index (χ2n) is 4.91. The van der Waals surface area contributed by atoms with Crippen molar-refractivity contribution in [2.75, 3.05) is 0 Å². The summed E-state index contributed by atoms with van der Waals surface area (Å²) in [7, 11) is 0. The van der Waals surface area contributed by atoms with E-state index in [9.17, 15) is 4.79 Å². The van der Waals surface area contributed by atoms with Crippen LogP contribution in [0.4, 0.5) is 0 Å². The van der Waals surface area contributed by atoms with Crippen molar-refractivity contribution >= 4 is 28.4 Å². The molecular formula is C16H14Cl2O3. The summed E-state index contributed by atoms with van der Waals surface area (Å²) < 4.78 is 11.2. The molecule has 0 fully saturated rings. The summed E-state index contributed by atoms with van der Waals surface area (Å²) in [6.07, 6.45) is 0. The number of rotatable bonds is 5. The maximum Gasteiger partial charge on any atom is 0.264 e. The van der Waals surface area contributed by atoms with E-state index in [1.807, 2.05) is 0 Å². The first-order valence-corrected chi connectivity index (χ1v) is 7.05. The van der Waals surface area contributed by atoms with Crippen LogP contribution in [0.25, 0.3) is 0 Å². The van der Waals surface area contributed by atoms with E-state index in [0.29, 0.717) is 22.3 Å². The maximum atomic E-state index is 11.2. The summed E-state index contributed by atoms with van der Waals surface area (Å²) >= 11 is 11.3. The van der Waals surface area contributed by atoms with Crippen LogP contribution in [0.15, 0.2) is 48.5 Å². The summed E-state index contributed by atoms with van der Waals surface area (Å²) in [6.45, 7) is 3.22. The summed E-state index contributed by atoms with van der Waals surface area (Å²) in [6, 6.07) is 14.0. The molecule has 0 spiro atoms. The van der Waals surface area contributed by atoms with E-state index in [4.69, 9.17) is 32.7 Å². The molecular weight excluding hydrogens is 311 g/mol. The van der Waals surface area contributed by atoms with Gasteiger partial charge in [0.25, 0.3) is 5.24 Å². The lowest BCUT2D eigenvalue weighted by Gasteiger charge is -2.22. The topological polar surface area (TPSA) is 35.5 Å². The van der Waals surface area contributed by atoms with Gasteiger partial charge in [-0.2, -0.15) is 0 Å². The lowest BCUT2D eigenvalue weighted by atomic mass is 10.1. The van der Waals surface area contributed by atoms with Crippen LogP contribution in [-0.2, 0) is 4.79 Å². The highest BCUT2D eigenvalue weighted by Gasteiger charge is 2.27. The Labute approximate surface area is 133 Å². The van der Waals surface area contributed by atoms with Crippen LogP contribution in [0.1, 0.15) is 13.8 Å². The van der Waals surface area contributed by atoms with Gasteiger partial charge < -0.3 is 9.47 Å². The van der Waals surface area contributed by atoms with E-state index in [1.54, 1.807) is 62.4 Å². The zero-order chi connectivity index (χ0) is 15.5. The van der Waals surface area contributed by atoms with Gasteiger partial charge in [-0.1, -0.05) is 11.6 Å². The van der Waals surface area contributed by atoms with E-state index in [0.717, 1.165) is 0 Å². The molecule has 21 heavy (non-hydrogen) atoms. The standard InChI is InChI=1S/C16H14Cl2O3/c1-16(2,15(18)19)21-14-9-7-13(8-10-14)20-12-5-3-11(17)4-6-12/h3-10H,1-2H3. The number of hydrogen-bond donors (Lipinski definition) is 0. The summed E-state index contributed by atoms with van der Waals surface area (Å²) in [4.78, 5) is 11.2. The van der Waals surface area contributed by atoms with Gasteiger partial charge >= 0.3 is 0 Å². The van der Waals surface area contributed by atoms with Crippen molar-refractivity contribution in [1.82, 2.24) is 0 Å². The van der Waals surface area contributed by atoms with E-state index in [-0.39, 0.29) is 0 Å². The molecule has 0 aromatic heterocycles. The smallest absolute Gasteiger partial charge is 0.264 e. The fourth-order valence-corrected chi connectivity index (χ4v) is 1.71. The molecule has 3 nitrogen and oxygen atoms in total. The first-order chi connectivity index (χ1) is 9.87. The molecule has 0 unspecified atom stereocenters. The fourth-order valence-electron chi connectivity index (χ4n) is 1.55. The van der Waals surface area contributed by atoms with Crippen molar-refractivity contribution in [2.45, 2.75) is 19.4 Å². The number of ether oxygens (including phenoxy) is 2. The molecule has 5 heteroatoms. The molecule has 0 saturated heterocycles. The third-order valence-electron chi connectivity index (χ3n) is 2.72. The van der Waals surface area contributed by atoms with Crippen molar-refractivity contribution in [3.63, 3.8) is 0 Å². The van der Waals surface area contributed by atoms with Gasteiger partial charge in [-0.25, -0.2) is 0 Å². The van der Waals surface area contributed by atoms with Crippen molar-refractivity contribution in [1.29, 1.82) is 0 Å². The van der Waals surface area contributed by atoms with E-state index >= 15 is 0 Å². The highest BCUT2D eigenvalue weighted by atomic mass is 35.5. The Balaban J connectivity index is 2.05. The quantitative estimate of drug-likeness (QED) is 0.721. The predicted molar refractivity (Wildman–Crippen MR) is 83.5 cm³/mol.